The minimum atomic E-state index is 0.634. The van der Waals surface area contributed by atoms with Crippen molar-refractivity contribution in [1.29, 1.82) is 0 Å². The average Bonchev–Trinajstić information content (AvgIpc) is 3.08. The molecule has 0 atom stereocenters. The van der Waals surface area contributed by atoms with Gasteiger partial charge in [0.25, 0.3) is 0 Å². The van der Waals surface area contributed by atoms with Crippen molar-refractivity contribution in [2.24, 2.45) is 0 Å². The second-order valence-corrected chi connectivity index (χ2v) is 7.77. The fourth-order valence-corrected chi connectivity index (χ4v) is 4.27. The highest BCUT2D eigenvalue weighted by Crippen LogP contribution is 2.34. The van der Waals surface area contributed by atoms with Gasteiger partial charge in [-0.25, -0.2) is 4.98 Å². The number of fused-ring (bicyclic) bond motifs is 1. The predicted molar refractivity (Wildman–Crippen MR) is 111 cm³/mol. The molecular formula is C24H30N2O. The fraction of sp³-hybridized carbons (Fsp3) is 0.458. The molecule has 3 aromatic rings. The number of nitrogens with zero attached hydrogens (tertiary/aromatic N) is 2. The first kappa shape index (κ1) is 18.1. The second kappa shape index (κ2) is 8.60. The van der Waals surface area contributed by atoms with E-state index in [2.05, 4.69) is 54.0 Å². The molecule has 0 unspecified atom stereocenters. The van der Waals surface area contributed by atoms with Crippen LogP contribution in [0.1, 0.15) is 62.3 Å². The molecule has 2 aromatic carbocycles. The average molecular weight is 363 g/mol. The summed E-state index contributed by atoms with van der Waals surface area (Å²) in [6, 6.07) is 16.9. The van der Waals surface area contributed by atoms with Crippen LogP contribution in [0.4, 0.5) is 0 Å². The number of para-hydroxylation sites is 3. The minimum absolute atomic E-state index is 0.634. The Labute approximate surface area is 162 Å². The number of unbranched alkanes of at least 4 members (excludes halogenated alkanes) is 1. The van der Waals surface area contributed by atoms with Crippen LogP contribution in [0.5, 0.6) is 5.75 Å². The van der Waals surface area contributed by atoms with Crippen LogP contribution >= 0.6 is 0 Å². The van der Waals surface area contributed by atoms with Crippen LogP contribution in [0, 0.1) is 6.92 Å². The van der Waals surface area contributed by atoms with Crippen molar-refractivity contribution >= 4 is 11.0 Å². The third-order valence-electron chi connectivity index (χ3n) is 5.78. The van der Waals surface area contributed by atoms with Crippen molar-refractivity contribution in [1.82, 2.24) is 9.55 Å². The summed E-state index contributed by atoms with van der Waals surface area (Å²) in [5.41, 5.74) is 3.64. The van der Waals surface area contributed by atoms with Crippen molar-refractivity contribution in [3.05, 3.63) is 59.9 Å². The van der Waals surface area contributed by atoms with Crippen LogP contribution in [0.15, 0.2) is 48.5 Å². The van der Waals surface area contributed by atoms with Gasteiger partial charge in [-0.1, -0.05) is 49.6 Å². The molecule has 1 aromatic heterocycles. The van der Waals surface area contributed by atoms with Gasteiger partial charge in [0.2, 0.25) is 0 Å². The van der Waals surface area contributed by atoms with Gasteiger partial charge >= 0.3 is 0 Å². The van der Waals surface area contributed by atoms with Gasteiger partial charge in [0.05, 0.1) is 17.6 Å². The molecule has 0 saturated heterocycles. The number of aryl methyl sites for hydroxylation is 2. The molecule has 1 fully saturated rings. The normalized spacial score (nSPS) is 15.3. The topological polar surface area (TPSA) is 27.1 Å². The summed E-state index contributed by atoms with van der Waals surface area (Å²) < 4.78 is 8.45. The SMILES string of the molecule is Cc1ccccc1OCCCCn1c(C2CCCCC2)nc2ccccc21. The molecule has 4 rings (SSSR count). The van der Waals surface area contributed by atoms with E-state index < -0.39 is 0 Å². The Balaban J connectivity index is 1.41. The summed E-state index contributed by atoms with van der Waals surface area (Å²) in [5.74, 6) is 2.96. The molecule has 27 heavy (non-hydrogen) atoms. The molecule has 1 saturated carbocycles. The van der Waals surface area contributed by atoms with E-state index in [-0.39, 0.29) is 0 Å². The summed E-state index contributed by atoms with van der Waals surface area (Å²) in [7, 11) is 0. The number of hydrogen-bond donors (Lipinski definition) is 0. The largest absolute Gasteiger partial charge is 0.493 e. The van der Waals surface area contributed by atoms with Crippen LogP contribution in [0.2, 0.25) is 0 Å². The van der Waals surface area contributed by atoms with Gasteiger partial charge in [0, 0.05) is 12.5 Å². The van der Waals surface area contributed by atoms with Gasteiger partial charge in [0.1, 0.15) is 11.6 Å². The van der Waals surface area contributed by atoms with Crippen LogP contribution in [-0.4, -0.2) is 16.2 Å². The Morgan fingerprint density at radius 2 is 1.74 bits per heavy atom. The maximum absolute atomic E-state index is 5.97. The lowest BCUT2D eigenvalue weighted by Gasteiger charge is -2.22. The molecule has 142 valence electrons. The third-order valence-corrected chi connectivity index (χ3v) is 5.78. The minimum Gasteiger partial charge on any atom is -0.493 e. The lowest BCUT2D eigenvalue weighted by Crippen LogP contribution is -2.13. The molecule has 1 heterocycles. The molecule has 0 radical (unpaired) electrons. The highest BCUT2D eigenvalue weighted by Gasteiger charge is 2.22. The maximum atomic E-state index is 5.97. The summed E-state index contributed by atoms with van der Waals surface area (Å²) in [5, 5.41) is 0. The highest BCUT2D eigenvalue weighted by atomic mass is 16.5. The summed E-state index contributed by atoms with van der Waals surface area (Å²) in [6.07, 6.45) is 8.83. The quantitative estimate of drug-likeness (QED) is 0.464. The first-order chi connectivity index (χ1) is 13.3. The van der Waals surface area contributed by atoms with Gasteiger partial charge in [-0.2, -0.15) is 0 Å². The van der Waals surface area contributed by atoms with Gasteiger partial charge < -0.3 is 9.30 Å². The summed E-state index contributed by atoms with van der Waals surface area (Å²) in [4.78, 5) is 5.03. The molecule has 0 bridgehead atoms. The van der Waals surface area contributed by atoms with Crippen molar-refractivity contribution in [3.63, 3.8) is 0 Å². The zero-order chi connectivity index (χ0) is 18.5. The van der Waals surface area contributed by atoms with Gasteiger partial charge in [0.15, 0.2) is 0 Å². The predicted octanol–water partition coefficient (Wildman–Crippen LogP) is 6.25. The molecule has 3 nitrogen and oxygen atoms in total. The highest BCUT2D eigenvalue weighted by molar-refractivity contribution is 5.76. The Morgan fingerprint density at radius 3 is 2.59 bits per heavy atom. The number of hydrogen-bond acceptors (Lipinski definition) is 2. The van der Waals surface area contributed by atoms with E-state index in [4.69, 9.17) is 9.72 Å². The van der Waals surface area contributed by atoms with E-state index in [1.165, 1.54) is 49.0 Å². The van der Waals surface area contributed by atoms with Crippen LogP contribution in [0.25, 0.3) is 11.0 Å². The van der Waals surface area contributed by atoms with Gasteiger partial charge in [-0.15, -0.1) is 0 Å². The molecule has 0 spiro atoms. The van der Waals surface area contributed by atoms with E-state index in [9.17, 15) is 0 Å². The number of aromatic nitrogens is 2. The fourth-order valence-electron chi connectivity index (χ4n) is 4.27. The molecule has 0 aliphatic heterocycles. The van der Waals surface area contributed by atoms with Gasteiger partial charge in [-0.3, -0.25) is 0 Å². The van der Waals surface area contributed by atoms with Crippen molar-refractivity contribution in [2.45, 2.75) is 64.3 Å². The first-order valence-corrected chi connectivity index (χ1v) is 10.5. The van der Waals surface area contributed by atoms with E-state index in [1.54, 1.807) is 0 Å². The van der Waals surface area contributed by atoms with Crippen molar-refractivity contribution in [2.75, 3.05) is 6.61 Å². The summed E-state index contributed by atoms with van der Waals surface area (Å²) in [6.45, 7) is 3.91. The standard InChI is InChI=1S/C24H30N2O/c1-19-11-5-8-16-23(19)27-18-10-9-17-26-22-15-7-6-14-21(22)25-24(26)20-12-3-2-4-13-20/h5-8,11,14-16,20H,2-4,9-10,12-13,17-18H2,1H3. The smallest absolute Gasteiger partial charge is 0.122 e. The molecule has 0 N–H and O–H groups in total. The van der Waals surface area contributed by atoms with Crippen molar-refractivity contribution < 1.29 is 4.74 Å². The lowest BCUT2D eigenvalue weighted by atomic mass is 9.88. The van der Waals surface area contributed by atoms with Crippen LogP contribution < -0.4 is 4.74 Å². The second-order valence-electron chi connectivity index (χ2n) is 7.77. The van der Waals surface area contributed by atoms with E-state index in [0.29, 0.717) is 5.92 Å². The number of ether oxygens (including phenoxy) is 1. The molecule has 3 heteroatoms. The first-order valence-electron chi connectivity index (χ1n) is 10.5. The number of rotatable bonds is 7. The van der Waals surface area contributed by atoms with E-state index in [1.807, 2.05) is 6.07 Å². The Kier molecular flexibility index (Phi) is 5.76. The molecule has 1 aliphatic rings. The molecule has 1 aliphatic carbocycles. The van der Waals surface area contributed by atoms with Crippen LogP contribution in [0.3, 0.4) is 0 Å². The maximum Gasteiger partial charge on any atom is 0.122 e. The third kappa shape index (κ3) is 4.18. The zero-order valence-electron chi connectivity index (χ0n) is 16.4. The van der Waals surface area contributed by atoms with E-state index in [0.717, 1.165) is 37.3 Å². The Bertz CT molecular complexity index is 877. The molecule has 0 amide bonds. The monoisotopic (exact) mass is 362 g/mol. The van der Waals surface area contributed by atoms with Gasteiger partial charge in [-0.05, 0) is 56.4 Å². The van der Waals surface area contributed by atoms with E-state index >= 15 is 0 Å². The number of benzene rings is 2. The zero-order valence-corrected chi connectivity index (χ0v) is 16.4. The summed E-state index contributed by atoms with van der Waals surface area (Å²) >= 11 is 0. The lowest BCUT2D eigenvalue weighted by molar-refractivity contribution is 0.300. The van der Waals surface area contributed by atoms with Crippen LogP contribution in [-0.2, 0) is 6.54 Å². The number of imidazole rings is 1. The van der Waals surface area contributed by atoms with Crippen molar-refractivity contribution in [3.8, 4) is 5.75 Å². The molecular weight excluding hydrogens is 332 g/mol. The Hall–Kier alpha value is -2.29. The Morgan fingerprint density at radius 1 is 0.963 bits per heavy atom.